The lowest BCUT2D eigenvalue weighted by Gasteiger charge is -2.07. The first-order valence-corrected chi connectivity index (χ1v) is 8.77. The number of ether oxygens (including phenoxy) is 1. The third-order valence-corrected chi connectivity index (χ3v) is 4.48. The Morgan fingerprint density at radius 2 is 1.89 bits per heavy atom. The second kappa shape index (κ2) is 7.41. The number of rotatable bonds is 5. The molecule has 0 saturated carbocycles. The molecule has 0 aliphatic carbocycles. The summed E-state index contributed by atoms with van der Waals surface area (Å²) < 4.78 is 7.15. The summed E-state index contributed by atoms with van der Waals surface area (Å²) >= 11 is 0. The molecule has 0 aliphatic rings. The average molecular weight is 356 g/mol. The van der Waals surface area contributed by atoms with Gasteiger partial charge in [-0.3, -0.25) is 14.6 Å². The van der Waals surface area contributed by atoms with Gasteiger partial charge in [-0.05, 0) is 47.9 Å². The van der Waals surface area contributed by atoms with E-state index in [-0.39, 0.29) is 0 Å². The van der Waals surface area contributed by atoms with Crippen LogP contribution in [0, 0.1) is 6.92 Å². The van der Waals surface area contributed by atoms with Crippen molar-refractivity contribution in [3.63, 3.8) is 0 Å². The number of benzene rings is 1. The number of aromatic nitrogens is 4. The van der Waals surface area contributed by atoms with Crippen LogP contribution in [0.3, 0.4) is 0 Å². The van der Waals surface area contributed by atoms with Crippen LogP contribution < -0.4 is 4.74 Å². The molecule has 4 aromatic rings. The van der Waals surface area contributed by atoms with Gasteiger partial charge in [0.2, 0.25) is 0 Å². The van der Waals surface area contributed by atoms with Crippen LogP contribution in [0.15, 0.2) is 73.3 Å². The van der Waals surface area contributed by atoms with Gasteiger partial charge in [0.05, 0.1) is 25.0 Å². The van der Waals surface area contributed by atoms with E-state index in [1.54, 1.807) is 13.3 Å². The zero-order chi connectivity index (χ0) is 18.6. The summed E-state index contributed by atoms with van der Waals surface area (Å²) in [5, 5.41) is 4.71. The second-order valence-corrected chi connectivity index (χ2v) is 6.36. The van der Waals surface area contributed by atoms with Gasteiger partial charge < -0.3 is 4.74 Å². The number of aryl methyl sites for hydroxylation is 1. The van der Waals surface area contributed by atoms with Crippen molar-refractivity contribution in [2.75, 3.05) is 7.11 Å². The smallest absolute Gasteiger partial charge is 0.122 e. The maximum Gasteiger partial charge on any atom is 0.122 e. The minimum atomic E-state index is 0.598. The molecule has 27 heavy (non-hydrogen) atoms. The largest absolute Gasteiger partial charge is 0.497 e. The van der Waals surface area contributed by atoms with Gasteiger partial charge in [0.25, 0.3) is 0 Å². The first kappa shape index (κ1) is 17.0. The van der Waals surface area contributed by atoms with Crippen LogP contribution in [-0.4, -0.2) is 26.9 Å². The molecule has 0 fully saturated rings. The van der Waals surface area contributed by atoms with Crippen LogP contribution >= 0.6 is 0 Å². The Morgan fingerprint density at radius 3 is 2.74 bits per heavy atom. The predicted octanol–water partition coefficient (Wildman–Crippen LogP) is 4.37. The fourth-order valence-electron chi connectivity index (χ4n) is 3.08. The second-order valence-electron chi connectivity index (χ2n) is 6.36. The Morgan fingerprint density at radius 1 is 1.00 bits per heavy atom. The van der Waals surface area contributed by atoms with Gasteiger partial charge in [-0.2, -0.15) is 5.10 Å². The lowest BCUT2D eigenvalue weighted by Crippen LogP contribution is -2.02. The molecule has 0 atom stereocenters. The standard InChI is InChI=1S/C22H20N4O/c1-16-14-23-9-7-21(16)17-4-3-5-18(12-17)22-8-11-26(25-22)15-19-13-20(27-2)6-10-24-19/h3-14H,15H2,1-2H3. The summed E-state index contributed by atoms with van der Waals surface area (Å²) in [7, 11) is 1.66. The molecular weight excluding hydrogens is 336 g/mol. The highest BCUT2D eigenvalue weighted by atomic mass is 16.5. The Balaban J connectivity index is 1.60. The first-order valence-electron chi connectivity index (χ1n) is 8.77. The van der Waals surface area contributed by atoms with E-state index in [2.05, 4.69) is 41.2 Å². The molecule has 0 aliphatic heterocycles. The van der Waals surface area contributed by atoms with Crippen molar-refractivity contribution >= 4 is 0 Å². The molecule has 3 heterocycles. The van der Waals surface area contributed by atoms with E-state index in [1.807, 2.05) is 47.5 Å². The van der Waals surface area contributed by atoms with Gasteiger partial charge in [-0.15, -0.1) is 0 Å². The molecule has 0 bridgehead atoms. The summed E-state index contributed by atoms with van der Waals surface area (Å²) in [6.07, 6.45) is 7.43. The topological polar surface area (TPSA) is 52.8 Å². The summed E-state index contributed by atoms with van der Waals surface area (Å²) in [6.45, 7) is 2.67. The van der Waals surface area contributed by atoms with Crippen molar-refractivity contribution in [3.05, 3.63) is 84.6 Å². The lowest BCUT2D eigenvalue weighted by molar-refractivity contribution is 0.413. The zero-order valence-electron chi connectivity index (χ0n) is 15.3. The van der Waals surface area contributed by atoms with E-state index in [1.165, 1.54) is 5.56 Å². The summed E-state index contributed by atoms with van der Waals surface area (Å²) in [6, 6.07) is 16.3. The van der Waals surface area contributed by atoms with E-state index < -0.39 is 0 Å². The Bertz CT molecular complexity index is 1070. The molecule has 4 rings (SSSR count). The normalized spacial score (nSPS) is 10.7. The van der Waals surface area contributed by atoms with Crippen LogP contribution in [0.2, 0.25) is 0 Å². The molecule has 1 aromatic carbocycles. The SMILES string of the molecule is COc1ccnc(Cn2ccc(-c3cccc(-c4ccncc4C)c3)n2)c1. The van der Waals surface area contributed by atoms with Crippen molar-refractivity contribution in [3.8, 4) is 28.1 Å². The minimum absolute atomic E-state index is 0.598. The molecule has 0 N–H and O–H groups in total. The lowest BCUT2D eigenvalue weighted by atomic mass is 10.00. The molecule has 0 amide bonds. The van der Waals surface area contributed by atoms with Gasteiger partial charge >= 0.3 is 0 Å². The van der Waals surface area contributed by atoms with Gasteiger partial charge in [0.1, 0.15) is 5.75 Å². The van der Waals surface area contributed by atoms with Crippen LogP contribution in [0.25, 0.3) is 22.4 Å². The Hall–Kier alpha value is -3.47. The third-order valence-electron chi connectivity index (χ3n) is 4.48. The molecule has 134 valence electrons. The van der Waals surface area contributed by atoms with Crippen molar-refractivity contribution < 1.29 is 4.74 Å². The number of nitrogens with zero attached hydrogens (tertiary/aromatic N) is 4. The summed E-state index contributed by atoms with van der Waals surface area (Å²) in [5.74, 6) is 0.799. The van der Waals surface area contributed by atoms with Crippen LogP contribution in [0.4, 0.5) is 0 Å². The number of hydrogen-bond acceptors (Lipinski definition) is 4. The maximum atomic E-state index is 5.26. The molecule has 5 heteroatoms. The maximum absolute atomic E-state index is 5.26. The molecule has 5 nitrogen and oxygen atoms in total. The Kier molecular flexibility index (Phi) is 4.66. The van der Waals surface area contributed by atoms with Crippen molar-refractivity contribution in [1.82, 2.24) is 19.7 Å². The van der Waals surface area contributed by atoms with E-state index in [4.69, 9.17) is 9.84 Å². The highest BCUT2D eigenvalue weighted by molar-refractivity contribution is 5.72. The highest BCUT2D eigenvalue weighted by Crippen LogP contribution is 2.27. The van der Waals surface area contributed by atoms with Crippen molar-refractivity contribution in [1.29, 1.82) is 0 Å². The van der Waals surface area contributed by atoms with Gasteiger partial charge in [0, 0.05) is 36.4 Å². The highest BCUT2D eigenvalue weighted by Gasteiger charge is 2.07. The van der Waals surface area contributed by atoms with Crippen molar-refractivity contribution in [2.45, 2.75) is 13.5 Å². The third kappa shape index (κ3) is 3.72. The monoisotopic (exact) mass is 356 g/mol. The molecule has 0 radical (unpaired) electrons. The quantitative estimate of drug-likeness (QED) is 0.533. The van der Waals surface area contributed by atoms with Crippen LogP contribution in [-0.2, 0) is 6.54 Å². The van der Waals surface area contributed by atoms with Crippen LogP contribution in [0.5, 0.6) is 5.75 Å². The van der Waals surface area contributed by atoms with E-state index in [0.29, 0.717) is 6.54 Å². The summed E-state index contributed by atoms with van der Waals surface area (Å²) in [5.41, 5.74) is 6.44. The Labute approximate surface area is 158 Å². The van der Waals surface area contributed by atoms with Gasteiger partial charge in [-0.25, -0.2) is 0 Å². The zero-order valence-corrected chi connectivity index (χ0v) is 15.3. The minimum Gasteiger partial charge on any atom is -0.497 e. The molecular formula is C22H20N4O. The van der Waals surface area contributed by atoms with E-state index >= 15 is 0 Å². The van der Waals surface area contributed by atoms with Gasteiger partial charge in [0.15, 0.2) is 0 Å². The number of hydrogen-bond donors (Lipinski definition) is 0. The van der Waals surface area contributed by atoms with E-state index in [0.717, 1.165) is 33.8 Å². The first-order chi connectivity index (χ1) is 13.2. The summed E-state index contributed by atoms with van der Waals surface area (Å²) in [4.78, 5) is 8.56. The predicted molar refractivity (Wildman–Crippen MR) is 106 cm³/mol. The number of pyridine rings is 2. The van der Waals surface area contributed by atoms with Crippen LogP contribution in [0.1, 0.15) is 11.3 Å². The van der Waals surface area contributed by atoms with E-state index in [9.17, 15) is 0 Å². The molecule has 0 spiro atoms. The average Bonchev–Trinajstić information content (AvgIpc) is 3.17. The fourth-order valence-corrected chi connectivity index (χ4v) is 3.08. The van der Waals surface area contributed by atoms with Crippen molar-refractivity contribution in [2.24, 2.45) is 0 Å². The fraction of sp³-hybridized carbons (Fsp3) is 0.136. The molecule has 3 aromatic heterocycles. The number of methoxy groups -OCH3 is 1. The molecule has 0 saturated heterocycles. The molecule has 0 unspecified atom stereocenters. The van der Waals surface area contributed by atoms with Gasteiger partial charge in [-0.1, -0.05) is 18.2 Å².